The largest absolute Gasteiger partial charge is 0.497 e. The molecule has 0 bridgehead atoms. The van der Waals surface area contributed by atoms with Crippen molar-refractivity contribution in [2.45, 2.75) is 0 Å². The molecule has 0 fully saturated rings. The van der Waals surface area contributed by atoms with E-state index in [1.54, 1.807) is 50.6 Å². The van der Waals surface area contributed by atoms with Gasteiger partial charge in [-0.1, -0.05) is 0 Å². The molecule has 8 nitrogen and oxygen atoms in total. The lowest BCUT2D eigenvalue weighted by atomic mass is 10.2. The Morgan fingerprint density at radius 3 is 2.34 bits per heavy atom. The molecule has 0 unspecified atom stereocenters. The highest BCUT2D eigenvalue weighted by Crippen LogP contribution is 2.34. The van der Waals surface area contributed by atoms with Crippen molar-refractivity contribution in [1.29, 1.82) is 0 Å². The first kappa shape index (κ1) is 18.6. The highest BCUT2D eigenvalue weighted by Gasteiger charge is 2.14. The molecule has 0 saturated heterocycles. The van der Waals surface area contributed by atoms with E-state index in [1.165, 1.54) is 0 Å². The second kappa shape index (κ2) is 8.09. The lowest BCUT2D eigenvalue weighted by Gasteiger charge is -2.19. The van der Waals surface area contributed by atoms with Crippen LogP contribution in [0.3, 0.4) is 0 Å². The summed E-state index contributed by atoms with van der Waals surface area (Å²) < 4.78 is 35.8. The summed E-state index contributed by atoms with van der Waals surface area (Å²) in [6, 6.07) is 10.5. The van der Waals surface area contributed by atoms with Crippen LogP contribution in [0.1, 0.15) is 0 Å². The van der Waals surface area contributed by atoms with Crippen LogP contribution in [-0.4, -0.2) is 37.4 Å². The summed E-state index contributed by atoms with van der Waals surface area (Å²) in [5.74, 6) is 2.09. The van der Waals surface area contributed by atoms with Gasteiger partial charge in [-0.05, 0) is 12.1 Å². The van der Waals surface area contributed by atoms with Gasteiger partial charge in [0.2, 0.25) is 5.95 Å². The average Bonchev–Trinajstić information content (AvgIpc) is 2.75. The molecule has 2 heterocycles. The Bertz CT molecular complexity index is 1010. The SMILES string of the molecule is COc1cc(Nc2ncc(F)c(Nc3ccc4c(c3)OCCO4)n2)cc(OC)c1. The van der Waals surface area contributed by atoms with E-state index in [9.17, 15) is 4.39 Å². The molecule has 3 aromatic rings. The van der Waals surface area contributed by atoms with E-state index in [4.69, 9.17) is 18.9 Å². The number of ether oxygens (including phenoxy) is 4. The van der Waals surface area contributed by atoms with Gasteiger partial charge < -0.3 is 29.6 Å². The fraction of sp³-hybridized carbons (Fsp3) is 0.200. The Hall–Kier alpha value is -3.75. The van der Waals surface area contributed by atoms with Crippen molar-refractivity contribution in [1.82, 2.24) is 9.97 Å². The maximum absolute atomic E-state index is 14.3. The summed E-state index contributed by atoms with van der Waals surface area (Å²) in [4.78, 5) is 8.22. The molecule has 9 heteroatoms. The molecule has 2 N–H and O–H groups in total. The van der Waals surface area contributed by atoms with E-state index < -0.39 is 5.82 Å². The van der Waals surface area contributed by atoms with Crippen molar-refractivity contribution in [2.24, 2.45) is 0 Å². The molecule has 29 heavy (non-hydrogen) atoms. The van der Waals surface area contributed by atoms with Gasteiger partial charge in [0, 0.05) is 35.6 Å². The number of nitrogens with zero attached hydrogens (tertiary/aromatic N) is 2. The van der Waals surface area contributed by atoms with Crippen LogP contribution in [0.15, 0.2) is 42.6 Å². The molecule has 1 aliphatic heterocycles. The predicted molar refractivity (Wildman–Crippen MR) is 106 cm³/mol. The van der Waals surface area contributed by atoms with Gasteiger partial charge >= 0.3 is 0 Å². The zero-order chi connectivity index (χ0) is 20.2. The minimum absolute atomic E-state index is 0.0223. The van der Waals surface area contributed by atoms with E-state index in [-0.39, 0.29) is 11.8 Å². The highest BCUT2D eigenvalue weighted by molar-refractivity contribution is 5.64. The number of anilines is 4. The van der Waals surface area contributed by atoms with Crippen molar-refractivity contribution < 1.29 is 23.3 Å². The van der Waals surface area contributed by atoms with Crippen LogP contribution >= 0.6 is 0 Å². The quantitative estimate of drug-likeness (QED) is 0.647. The van der Waals surface area contributed by atoms with E-state index >= 15 is 0 Å². The molecule has 0 aliphatic carbocycles. The molecular weight excluding hydrogens is 379 g/mol. The summed E-state index contributed by atoms with van der Waals surface area (Å²) >= 11 is 0. The number of hydrogen-bond acceptors (Lipinski definition) is 8. The number of benzene rings is 2. The number of aromatic nitrogens is 2. The number of hydrogen-bond donors (Lipinski definition) is 2. The molecular formula is C20H19FN4O4. The Balaban J connectivity index is 1.57. The van der Waals surface area contributed by atoms with Crippen molar-refractivity contribution in [3.8, 4) is 23.0 Å². The van der Waals surface area contributed by atoms with E-state index in [0.29, 0.717) is 47.6 Å². The summed E-state index contributed by atoms with van der Waals surface area (Å²) in [6.07, 6.45) is 1.09. The van der Waals surface area contributed by atoms with Crippen molar-refractivity contribution in [3.63, 3.8) is 0 Å². The lowest BCUT2D eigenvalue weighted by Crippen LogP contribution is -2.15. The molecule has 0 spiro atoms. The van der Waals surface area contributed by atoms with Gasteiger partial charge in [-0.25, -0.2) is 9.37 Å². The van der Waals surface area contributed by atoms with Crippen LogP contribution < -0.4 is 29.6 Å². The van der Waals surface area contributed by atoms with Gasteiger partial charge in [-0.15, -0.1) is 0 Å². The molecule has 1 aliphatic rings. The normalized spacial score (nSPS) is 12.2. The van der Waals surface area contributed by atoms with Gasteiger partial charge in [0.05, 0.1) is 20.4 Å². The first-order valence-electron chi connectivity index (χ1n) is 8.84. The third kappa shape index (κ3) is 4.23. The molecule has 0 saturated carbocycles. The monoisotopic (exact) mass is 398 g/mol. The fourth-order valence-electron chi connectivity index (χ4n) is 2.78. The number of nitrogens with one attached hydrogen (secondary N) is 2. The topological polar surface area (TPSA) is 86.8 Å². The standard InChI is InChI=1S/C20H19FN4O4/c1-26-14-7-13(8-15(10-14)27-2)24-20-22-11-16(21)19(25-20)23-12-3-4-17-18(9-12)29-6-5-28-17/h3-4,7-11H,5-6H2,1-2H3,(H2,22,23,24,25). The smallest absolute Gasteiger partial charge is 0.229 e. The maximum Gasteiger partial charge on any atom is 0.229 e. The summed E-state index contributed by atoms with van der Waals surface area (Å²) in [7, 11) is 3.12. The summed E-state index contributed by atoms with van der Waals surface area (Å²) in [6.45, 7) is 0.973. The highest BCUT2D eigenvalue weighted by atomic mass is 19.1. The van der Waals surface area contributed by atoms with Gasteiger partial charge in [0.15, 0.2) is 23.1 Å². The molecule has 4 rings (SSSR count). The second-order valence-electron chi connectivity index (χ2n) is 6.10. The minimum atomic E-state index is -0.589. The second-order valence-corrected chi connectivity index (χ2v) is 6.10. The van der Waals surface area contributed by atoms with Crippen molar-refractivity contribution >= 4 is 23.1 Å². The van der Waals surface area contributed by atoms with Crippen LogP contribution in [0, 0.1) is 5.82 Å². The van der Waals surface area contributed by atoms with E-state index in [2.05, 4.69) is 20.6 Å². The average molecular weight is 398 g/mol. The first-order chi connectivity index (χ1) is 14.1. The van der Waals surface area contributed by atoms with E-state index in [0.717, 1.165) is 6.20 Å². The third-order valence-corrected chi connectivity index (χ3v) is 4.16. The molecule has 2 aromatic carbocycles. The number of rotatable bonds is 6. The van der Waals surface area contributed by atoms with Crippen LogP contribution in [0.4, 0.5) is 27.5 Å². The Morgan fingerprint density at radius 1 is 0.897 bits per heavy atom. The van der Waals surface area contributed by atoms with Crippen LogP contribution in [0.5, 0.6) is 23.0 Å². The number of halogens is 1. The summed E-state index contributed by atoms with van der Waals surface area (Å²) in [5.41, 5.74) is 1.25. The van der Waals surface area contributed by atoms with Crippen molar-refractivity contribution in [3.05, 3.63) is 48.4 Å². The first-order valence-corrected chi connectivity index (χ1v) is 8.84. The Kier molecular flexibility index (Phi) is 5.19. The molecule has 1 aromatic heterocycles. The summed E-state index contributed by atoms with van der Waals surface area (Å²) in [5, 5.41) is 5.97. The fourth-order valence-corrected chi connectivity index (χ4v) is 2.78. The lowest BCUT2D eigenvalue weighted by molar-refractivity contribution is 0.171. The maximum atomic E-state index is 14.3. The third-order valence-electron chi connectivity index (χ3n) is 4.16. The number of fused-ring (bicyclic) bond motifs is 1. The van der Waals surface area contributed by atoms with Gasteiger partial charge in [0.25, 0.3) is 0 Å². The van der Waals surface area contributed by atoms with Gasteiger partial charge in [0.1, 0.15) is 24.7 Å². The Labute approximate surface area is 166 Å². The molecule has 0 amide bonds. The Morgan fingerprint density at radius 2 is 1.62 bits per heavy atom. The van der Waals surface area contributed by atoms with Gasteiger partial charge in [-0.2, -0.15) is 4.98 Å². The zero-order valence-electron chi connectivity index (χ0n) is 15.9. The zero-order valence-corrected chi connectivity index (χ0v) is 15.9. The van der Waals surface area contributed by atoms with Gasteiger partial charge in [-0.3, -0.25) is 0 Å². The predicted octanol–water partition coefficient (Wildman–Crippen LogP) is 3.89. The van der Waals surface area contributed by atoms with Crippen LogP contribution in [-0.2, 0) is 0 Å². The molecule has 150 valence electrons. The van der Waals surface area contributed by atoms with E-state index in [1.807, 2.05) is 0 Å². The molecule has 0 atom stereocenters. The minimum Gasteiger partial charge on any atom is -0.497 e. The molecule has 0 radical (unpaired) electrons. The van der Waals surface area contributed by atoms with Crippen molar-refractivity contribution in [2.75, 3.05) is 38.1 Å². The van der Waals surface area contributed by atoms with Crippen LogP contribution in [0.2, 0.25) is 0 Å². The number of methoxy groups -OCH3 is 2. The van der Waals surface area contributed by atoms with Crippen LogP contribution in [0.25, 0.3) is 0 Å².